The lowest BCUT2D eigenvalue weighted by Crippen LogP contribution is -2.21. The Balaban J connectivity index is 1.89. The van der Waals surface area contributed by atoms with Crippen molar-refractivity contribution in [1.29, 1.82) is 0 Å². The number of nitrogens with two attached hydrogens (primary N) is 1. The molecule has 86 valence electrons. The number of hydrogen-bond donors (Lipinski definition) is 1. The van der Waals surface area contributed by atoms with Crippen molar-refractivity contribution >= 4 is 5.95 Å². The molecular formula is C12H12N4O. The van der Waals surface area contributed by atoms with Gasteiger partial charge in [-0.05, 0) is 18.1 Å². The van der Waals surface area contributed by atoms with E-state index in [1.165, 1.54) is 11.9 Å². The molecule has 5 heteroatoms. The fraction of sp³-hybridized carbons (Fsp3) is 0.250. The molecule has 1 aromatic heterocycles. The zero-order valence-corrected chi connectivity index (χ0v) is 9.21. The Morgan fingerprint density at radius 3 is 3.00 bits per heavy atom. The largest absolute Gasteiger partial charge is 0.493 e. The molecule has 1 unspecified atom stereocenters. The van der Waals surface area contributed by atoms with Gasteiger partial charge in [0.2, 0.25) is 5.95 Å². The number of ether oxygens (including phenoxy) is 1. The summed E-state index contributed by atoms with van der Waals surface area (Å²) in [7, 11) is 0. The van der Waals surface area contributed by atoms with Crippen molar-refractivity contribution in [3.63, 3.8) is 0 Å². The Bertz CT molecular complexity index is 544. The van der Waals surface area contributed by atoms with Crippen molar-refractivity contribution in [2.75, 3.05) is 12.3 Å². The van der Waals surface area contributed by atoms with Crippen molar-refractivity contribution in [2.45, 2.75) is 12.3 Å². The second-order valence-corrected chi connectivity index (χ2v) is 4.02. The Hall–Kier alpha value is -2.17. The van der Waals surface area contributed by atoms with E-state index in [1.807, 2.05) is 18.2 Å². The Labute approximate surface area is 98.7 Å². The number of hydrogen-bond acceptors (Lipinski definition) is 5. The standard InChI is InChI=1S/C12H12N4O/c13-12-15-7-14-11(16-12)9-5-8-3-1-2-4-10(8)17-6-9/h1-4,7,9H,5-6H2,(H2,13,14,15,16). The molecule has 0 bridgehead atoms. The molecule has 17 heavy (non-hydrogen) atoms. The molecule has 1 aliphatic heterocycles. The van der Waals surface area contributed by atoms with Crippen LogP contribution in [0.15, 0.2) is 30.6 Å². The first-order chi connectivity index (χ1) is 8.33. The molecule has 0 aliphatic carbocycles. The van der Waals surface area contributed by atoms with Gasteiger partial charge in [-0.3, -0.25) is 0 Å². The molecule has 0 spiro atoms. The molecule has 2 heterocycles. The van der Waals surface area contributed by atoms with Crippen LogP contribution < -0.4 is 10.5 Å². The van der Waals surface area contributed by atoms with Crippen molar-refractivity contribution in [3.05, 3.63) is 42.0 Å². The predicted octanol–water partition coefficient (Wildman–Crippen LogP) is 1.17. The highest BCUT2D eigenvalue weighted by Crippen LogP contribution is 2.30. The molecule has 3 rings (SSSR count). The molecule has 1 atom stereocenters. The van der Waals surface area contributed by atoms with E-state index in [2.05, 4.69) is 21.0 Å². The molecule has 0 saturated heterocycles. The van der Waals surface area contributed by atoms with Gasteiger partial charge in [-0.2, -0.15) is 4.98 Å². The molecule has 2 N–H and O–H groups in total. The molecular weight excluding hydrogens is 216 g/mol. The van der Waals surface area contributed by atoms with Gasteiger partial charge in [0, 0.05) is 0 Å². The van der Waals surface area contributed by atoms with Crippen LogP contribution in [0.25, 0.3) is 0 Å². The van der Waals surface area contributed by atoms with Gasteiger partial charge in [0.05, 0.1) is 12.5 Å². The van der Waals surface area contributed by atoms with Crippen LogP contribution in [-0.2, 0) is 6.42 Å². The third-order valence-electron chi connectivity index (χ3n) is 2.85. The van der Waals surface area contributed by atoms with Crippen LogP contribution >= 0.6 is 0 Å². The number of fused-ring (bicyclic) bond motifs is 1. The second-order valence-electron chi connectivity index (χ2n) is 4.02. The van der Waals surface area contributed by atoms with Crippen molar-refractivity contribution < 1.29 is 4.74 Å². The number of rotatable bonds is 1. The van der Waals surface area contributed by atoms with Gasteiger partial charge in [0.1, 0.15) is 17.9 Å². The number of anilines is 1. The van der Waals surface area contributed by atoms with Gasteiger partial charge in [0.25, 0.3) is 0 Å². The SMILES string of the molecule is Nc1ncnc(C2COc3ccccc3C2)n1. The summed E-state index contributed by atoms with van der Waals surface area (Å²) < 4.78 is 5.69. The van der Waals surface area contributed by atoms with E-state index in [1.54, 1.807) is 0 Å². The monoisotopic (exact) mass is 228 g/mol. The summed E-state index contributed by atoms with van der Waals surface area (Å²) in [4.78, 5) is 12.1. The Morgan fingerprint density at radius 2 is 2.12 bits per heavy atom. The van der Waals surface area contributed by atoms with Gasteiger partial charge < -0.3 is 10.5 Å². The van der Waals surface area contributed by atoms with E-state index in [0.29, 0.717) is 12.4 Å². The Kier molecular flexibility index (Phi) is 2.36. The number of benzene rings is 1. The lowest BCUT2D eigenvalue weighted by molar-refractivity contribution is 0.257. The summed E-state index contributed by atoms with van der Waals surface area (Å²) in [6, 6.07) is 8.02. The maximum Gasteiger partial charge on any atom is 0.223 e. The summed E-state index contributed by atoms with van der Waals surface area (Å²) in [5.74, 6) is 2.06. The van der Waals surface area contributed by atoms with Crippen LogP contribution in [0.4, 0.5) is 5.95 Å². The van der Waals surface area contributed by atoms with Crippen LogP contribution in [0.3, 0.4) is 0 Å². The summed E-state index contributed by atoms with van der Waals surface area (Å²) in [6.07, 6.45) is 2.32. The molecule has 0 saturated carbocycles. The minimum Gasteiger partial charge on any atom is -0.493 e. The first-order valence-electron chi connectivity index (χ1n) is 5.48. The number of nitrogens with zero attached hydrogens (tertiary/aromatic N) is 3. The van der Waals surface area contributed by atoms with Crippen LogP contribution in [0, 0.1) is 0 Å². The van der Waals surface area contributed by atoms with Gasteiger partial charge in [-0.25, -0.2) is 9.97 Å². The first-order valence-corrected chi connectivity index (χ1v) is 5.48. The van der Waals surface area contributed by atoms with Gasteiger partial charge in [-0.15, -0.1) is 0 Å². The van der Waals surface area contributed by atoms with E-state index in [9.17, 15) is 0 Å². The average Bonchev–Trinajstić information content (AvgIpc) is 2.38. The zero-order chi connectivity index (χ0) is 11.7. The Morgan fingerprint density at radius 1 is 1.24 bits per heavy atom. The second kappa shape index (κ2) is 4.01. The minimum absolute atomic E-state index is 0.148. The van der Waals surface area contributed by atoms with Gasteiger partial charge >= 0.3 is 0 Å². The van der Waals surface area contributed by atoms with Crippen LogP contribution in [0.2, 0.25) is 0 Å². The molecule has 1 aliphatic rings. The third-order valence-corrected chi connectivity index (χ3v) is 2.85. The summed E-state index contributed by atoms with van der Waals surface area (Å²) >= 11 is 0. The van der Waals surface area contributed by atoms with Crippen LogP contribution in [-0.4, -0.2) is 21.6 Å². The van der Waals surface area contributed by atoms with Crippen molar-refractivity contribution in [3.8, 4) is 5.75 Å². The van der Waals surface area contributed by atoms with E-state index in [4.69, 9.17) is 10.5 Å². The maximum absolute atomic E-state index is 5.69. The fourth-order valence-electron chi connectivity index (χ4n) is 2.01. The van der Waals surface area contributed by atoms with E-state index in [-0.39, 0.29) is 11.9 Å². The van der Waals surface area contributed by atoms with Crippen LogP contribution in [0.5, 0.6) is 5.75 Å². The van der Waals surface area contributed by atoms with E-state index in [0.717, 1.165) is 12.2 Å². The fourth-order valence-corrected chi connectivity index (χ4v) is 2.01. The lowest BCUT2D eigenvalue weighted by Gasteiger charge is -2.23. The van der Waals surface area contributed by atoms with E-state index >= 15 is 0 Å². The summed E-state index contributed by atoms with van der Waals surface area (Å²) in [5, 5.41) is 0. The number of nitrogen functional groups attached to an aromatic ring is 1. The van der Waals surface area contributed by atoms with Crippen LogP contribution in [0.1, 0.15) is 17.3 Å². The maximum atomic E-state index is 5.69. The van der Waals surface area contributed by atoms with Crippen molar-refractivity contribution in [1.82, 2.24) is 15.0 Å². The van der Waals surface area contributed by atoms with Gasteiger partial charge in [0.15, 0.2) is 0 Å². The lowest BCUT2D eigenvalue weighted by atomic mass is 9.96. The normalized spacial score (nSPS) is 18.2. The topological polar surface area (TPSA) is 73.9 Å². The highest BCUT2D eigenvalue weighted by Gasteiger charge is 2.23. The zero-order valence-electron chi connectivity index (χ0n) is 9.21. The molecule has 0 radical (unpaired) electrons. The third kappa shape index (κ3) is 1.91. The molecule has 2 aromatic rings. The molecule has 0 fully saturated rings. The van der Waals surface area contributed by atoms with Gasteiger partial charge in [-0.1, -0.05) is 18.2 Å². The molecule has 0 amide bonds. The number of aromatic nitrogens is 3. The highest BCUT2D eigenvalue weighted by atomic mass is 16.5. The predicted molar refractivity (Wildman–Crippen MR) is 62.6 cm³/mol. The van der Waals surface area contributed by atoms with Crippen molar-refractivity contribution in [2.24, 2.45) is 0 Å². The van der Waals surface area contributed by atoms with E-state index < -0.39 is 0 Å². The minimum atomic E-state index is 0.148. The smallest absolute Gasteiger partial charge is 0.223 e. The molecule has 5 nitrogen and oxygen atoms in total. The number of para-hydroxylation sites is 1. The summed E-state index contributed by atoms with van der Waals surface area (Å²) in [6.45, 7) is 0.584. The molecule has 1 aromatic carbocycles. The average molecular weight is 228 g/mol. The highest BCUT2D eigenvalue weighted by molar-refractivity contribution is 5.36. The first kappa shape index (κ1) is 10.0. The summed E-state index contributed by atoms with van der Waals surface area (Å²) in [5.41, 5.74) is 6.74. The quantitative estimate of drug-likeness (QED) is 0.793.